The Hall–Kier alpha value is -1.92. The van der Waals surface area contributed by atoms with E-state index in [1.807, 2.05) is 0 Å². The summed E-state index contributed by atoms with van der Waals surface area (Å²) in [5, 5.41) is 3.02. The molecule has 1 aromatic rings. The van der Waals surface area contributed by atoms with Gasteiger partial charge in [0, 0.05) is 18.8 Å². The molecule has 140 valence electrons. The summed E-state index contributed by atoms with van der Waals surface area (Å²) < 4.78 is 44.4. The van der Waals surface area contributed by atoms with Gasteiger partial charge in [0.25, 0.3) is 0 Å². The van der Waals surface area contributed by atoms with Crippen LogP contribution >= 0.6 is 0 Å². The van der Waals surface area contributed by atoms with E-state index in [2.05, 4.69) is 5.32 Å². The van der Waals surface area contributed by atoms with E-state index in [-0.39, 0.29) is 17.7 Å². The zero-order valence-electron chi connectivity index (χ0n) is 15.0. The lowest BCUT2D eigenvalue weighted by atomic mass is 10.1. The molecule has 0 radical (unpaired) electrons. The lowest BCUT2D eigenvalue weighted by Crippen LogP contribution is -2.42. The van der Waals surface area contributed by atoms with Crippen molar-refractivity contribution in [2.75, 3.05) is 18.4 Å². The van der Waals surface area contributed by atoms with Crippen molar-refractivity contribution in [3.63, 3.8) is 0 Å². The number of benzene rings is 1. The quantitative estimate of drug-likeness (QED) is 0.842. The average Bonchev–Trinajstić information content (AvgIpc) is 2.92. The third kappa shape index (κ3) is 5.28. The summed E-state index contributed by atoms with van der Waals surface area (Å²) in [5.41, 5.74) is -0.632. The predicted octanol–water partition coefficient (Wildman–Crippen LogP) is 4.83. The monoisotopic (exact) mass is 358 g/mol. The van der Waals surface area contributed by atoms with Crippen molar-refractivity contribution in [3.8, 4) is 0 Å². The molecule has 0 bridgehead atoms. The van der Waals surface area contributed by atoms with Gasteiger partial charge >= 0.3 is 12.3 Å². The van der Waals surface area contributed by atoms with Gasteiger partial charge in [0.15, 0.2) is 0 Å². The summed E-state index contributed by atoms with van der Waals surface area (Å²) in [5.74, 6) is 0. The van der Waals surface area contributed by atoms with Gasteiger partial charge in [0.1, 0.15) is 5.60 Å². The van der Waals surface area contributed by atoms with Gasteiger partial charge in [-0.2, -0.15) is 13.2 Å². The third-order valence-corrected chi connectivity index (χ3v) is 4.09. The fourth-order valence-electron chi connectivity index (χ4n) is 2.88. The number of amides is 1. The van der Waals surface area contributed by atoms with Gasteiger partial charge in [-0.1, -0.05) is 6.07 Å². The van der Waals surface area contributed by atoms with Crippen LogP contribution in [-0.2, 0) is 10.9 Å². The van der Waals surface area contributed by atoms with Crippen molar-refractivity contribution in [3.05, 3.63) is 29.3 Å². The van der Waals surface area contributed by atoms with Crippen LogP contribution in [0.4, 0.5) is 23.7 Å². The van der Waals surface area contributed by atoms with Crippen LogP contribution in [0.5, 0.6) is 0 Å². The van der Waals surface area contributed by atoms with E-state index in [0.29, 0.717) is 18.8 Å². The maximum Gasteiger partial charge on any atom is 0.416 e. The van der Waals surface area contributed by atoms with Gasteiger partial charge in [-0.05, 0) is 58.2 Å². The van der Waals surface area contributed by atoms with Crippen LogP contribution < -0.4 is 5.32 Å². The van der Waals surface area contributed by atoms with Crippen LogP contribution in [0.25, 0.3) is 0 Å². The maximum atomic E-state index is 13.0. The average molecular weight is 358 g/mol. The van der Waals surface area contributed by atoms with Gasteiger partial charge in [-0.25, -0.2) is 4.79 Å². The molecule has 7 heteroatoms. The molecule has 1 heterocycles. The van der Waals surface area contributed by atoms with Gasteiger partial charge in [0.05, 0.1) is 11.6 Å². The summed E-state index contributed by atoms with van der Waals surface area (Å²) in [6, 6.07) is 4.09. The molecule has 1 saturated heterocycles. The fraction of sp³-hybridized carbons (Fsp3) is 0.611. The summed E-state index contributed by atoms with van der Waals surface area (Å²) in [6.45, 7) is 7.84. The molecule has 0 saturated carbocycles. The summed E-state index contributed by atoms with van der Waals surface area (Å²) >= 11 is 0. The van der Waals surface area contributed by atoms with E-state index >= 15 is 0 Å². The van der Waals surface area contributed by atoms with Crippen molar-refractivity contribution in [2.24, 2.45) is 0 Å². The van der Waals surface area contributed by atoms with E-state index in [9.17, 15) is 18.0 Å². The number of alkyl halides is 3. The Morgan fingerprint density at radius 3 is 2.60 bits per heavy atom. The van der Waals surface area contributed by atoms with Gasteiger partial charge in [-0.3, -0.25) is 0 Å². The summed E-state index contributed by atoms with van der Waals surface area (Å²) in [4.78, 5) is 13.9. The predicted molar refractivity (Wildman–Crippen MR) is 90.6 cm³/mol. The topological polar surface area (TPSA) is 41.6 Å². The highest BCUT2D eigenvalue weighted by molar-refractivity contribution is 5.69. The van der Waals surface area contributed by atoms with Crippen molar-refractivity contribution in [2.45, 2.75) is 58.4 Å². The highest BCUT2D eigenvalue weighted by atomic mass is 19.4. The first-order valence-electron chi connectivity index (χ1n) is 8.39. The first-order valence-corrected chi connectivity index (χ1v) is 8.39. The smallest absolute Gasteiger partial charge is 0.416 e. The van der Waals surface area contributed by atoms with E-state index < -0.39 is 17.3 Å². The summed E-state index contributed by atoms with van der Waals surface area (Å²) in [6.07, 6.45) is -3.11. The fourth-order valence-corrected chi connectivity index (χ4v) is 2.88. The number of nitrogens with zero attached hydrogens (tertiary/aromatic N) is 1. The Morgan fingerprint density at radius 1 is 1.32 bits per heavy atom. The molecule has 1 amide bonds. The molecule has 2 rings (SSSR count). The molecule has 4 nitrogen and oxygen atoms in total. The minimum Gasteiger partial charge on any atom is -0.444 e. The number of carbonyl (C=O) groups is 1. The normalized spacial score (nSPS) is 18.4. The summed E-state index contributed by atoms with van der Waals surface area (Å²) in [7, 11) is 0. The SMILES string of the molecule is Cc1ccc(NCC2CCCN2C(=O)OC(C)(C)C)cc1C(F)(F)F. The van der Waals surface area contributed by atoms with E-state index in [0.717, 1.165) is 18.9 Å². The second-order valence-corrected chi connectivity index (χ2v) is 7.38. The molecular weight excluding hydrogens is 333 g/mol. The van der Waals surface area contributed by atoms with Crippen molar-refractivity contribution in [1.82, 2.24) is 4.90 Å². The van der Waals surface area contributed by atoms with E-state index in [1.165, 1.54) is 13.0 Å². The molecule has 0 aromatic heterocycles. The van der Waals surface area contributed by atoms with Crippen LogP contribution in [0.3, 0.4) is 0 Å². The van der Waals surface area contributed by atoms with Gasteiger partial charge < -0.3 is 15.0 Å². The van der Waals surface area contributed by atoms with Gasteiger partial charge in [-0.15, -0.1) is 0 Å². The van der Waals surface area contributed by atoms with Crippen molar-refractivity contribution >= 4 is 11.8 Å². The number of rotatable bonds is 3. The molecular formula is C18H25F3N2O2. The molecule has 1 N–H and O–H groups in total. The largest absolute Gasteiger partial charge is 0.444 e. The molecule has 1 atom stereocenters. The van der Waals surface area contributed by atoms with Crippen LogP contribution in [0, 0.1) is 6.92 Å². The highest BCUT2D eigenvalue weighted by Crippen LogP contribution is 2.33. The Kier molecular flexibility index (Phi) is 5.54. The molecule has 1 aliphatic heterocycles. The third-order valence-electron chi connectivity index (χ3n) is 4.09. The Labute approximate surface area is 146 Å². The van der Waals surface area contributed by atoms with Crippen LogP contribution in [0.2, 0.25) is 0 Å². The first kappa shape index (κ1) is 19.4. The zero-order chi connectivity index (χ0) is 18.8. The number of aryl methyl sites for hydroxylation is 1. The number of nitrogens with one attached hydrogen (secondary N) is 1. The number of hydrogen-bond acceptors (Lipinski definition) is 3. The van der Waals surface area contributed by atoms with E-state index in [4.69, 9.17) is 4.74 Å². The van der Waals surface area contributed by atoms with Crippen molar-refractivity contribution < 1.29 is 22.7 Å². The molecule has 0 aliphatic carbocycles. The van der Waals surface area contributed by atoms with Crippen LogP contribution in [0.15, 0.2) is 18.2 Å². The number of carbonyl (C=O) groups excluding carboxylic acids is 1. The highest BCUT2D eigenvalue weighted by Gasteiger charge is 2.34. The van der Waals surface area contributed by atoms with Crippen LogP contribution in [-0.4, -0.2) is 35.7 Å². The molecule has 1 aliphatic rings. The number of anilines is 1. The standard InChI is InChI=1S/C18H25F3N2O2/c1-12-7-8-13(10-15(12)18(19,20)21)22-11-14-6-5-9-23(14)16(24)25-17(2,3)4/h7-8,10,14,22H,5-6,9,11H2,1-4H3. The number of hydrogen-bond donors (Lipinski definition) is 1. The molecule has 1 unspecified atom stereocenters. The Balaban J connectivity index is 2.02. The number of ether oxygens (including phenoxy) is 1. The Bertz CT molecular complexity index is 624. The number of likely N-dealkylation sites (tertiary alicyclic amines) is 1. The minimum absolute atomic E-state index is 0.0921. The first-order chi connectivity index (χ1) is 11.5. The molecule has 0 spiro atoms. The van der Waals surface area contributed by atoms with Gasteiger partial charge in [0.2, 0.25) is 0 Å². The van der Waals surface area contributed by atoms with Crippen LogP contribution in [0.1, 0.15) is 44.7 Å². The minimum atomic E-state index is -4.38. The molecule has 1 fully saturated rings. The maximum absolute atomic E-state index is 13.0. The lowest BCUT2D eigenvalue weighted by Gasteiger charge is -2.29. The second-order valence-electron chi connectivity index (χ2n) is 7.38. The Morgan fingerprint density at radius 2 is 2.00 bits per heavy atom. The van der Waals surface area contributed by atoms with E-state index in [1.54, 1.807) is 31.7 Å². The molecule has 1 aromatic carbocycles. The number of halogens is 3. The second kappa shape index (κ2) is 7.14. The molecule has 25 heavy (non-hydrogen) atoms. The zero-order valence-corrected chi connectivity index (χ0v) is 15.0. The lowest BCUT2D eigenvalue weighted by molar-refractivity contribution is -0.138. The van der Waals surface area contributed by atoms with Crippen molar-refractivity contribution in [1.29, 1.82) is 0 Å².